The number of ketones is 1. The molecule has 0 bridgehead atoms. The second-order valence-electron chi connectivity index (χ2n) is 5.12. The maximum Gasteiger partial charge on any atom is 0.441 e. The summed E-state index contributed by atoms with van der Waals surface area (Å²) in [7, 11) is 1.07. The Morgan fingerprint density at radius 3 is 2.64 bits per heavy atom. The molecule has 0 N–H and O–H groups in total. The average molecular weight is 343 g/mol. The molecule has 25 heavy (non-hydrogen) atoms. The first-order chi connectivity index (χ1) is 12.0. The molecule has 8 nitrogen and oxygen atoms in total. The minimum absolute atomic E-state index is 0.174. The summed E-state index contributed by atoms with van der Waals surface area (Å²) in [6.07, 6.45) is 2.55. The van der Waals surface area contributed by atoms with Crippen molar-refractivity contribution in [2.45, 2.75) is 19.4 Å². The number of rotatable bonds is 5. The number of benzene rings is 1. The van der Waals surface area contributed by atoms with Crippen LogP contribution in [0.2, 0.25) is 0 Å². The Morgan fingerprint density at radius 2 is 2.00 bits per heavy atom. The maximum absolute atomic E-state index is 12.4. The summed E-state index contributed by atoms with van der Waals surface area (Å²) in [5.41, 5.74) is 9.54. The van der Waals surface area contributed by atoms with Gasteiger partial charge in [-0.2, -0.15) is 4.79 Å². The van der Waals surface area contributed by atoms with Crippen LogP contribution < -0.4 is 4.90 Å². The molecule has 1 aliphatic rings. The van der Waals surface area contributed by atoms with Gasteiger partial charge >= 0.3 is 17.8 Å². The van der Waals surface area contributed by atoms with E-state index in [1.165, 1.54) is 4.90 Å². The predicted molar refractivity (Wildman–Crippen MR) is 89.0 cm³/mol. The number of ether oxygens (including phenoxy) is 2. The van der Waals surface area contributed by atoms with Gasteiger partial charge in [-0.3, -0.25) is 9.69 Å². The molecule has 2 rings (SSSR count). The second-order valence-corrected chi connectivity index (χ2v) is 5.12. The molecular formula is C17H17N3O5. The number of nitrogens with zero attached hydrogens (tertiary/aromatic N) is 3. The molecule has 0 aliphatic carbocycles. The van der Waals surface area contributed by atoms with Crippen LogP contribution in [0, 0.1) is 0 Å². The van der Waals surface area contributed by atoms with Crippen molar-refractivity contribution < 1.29 is 28.6 Å². The van der Waals surface area contributed by atoms with Crippen LogP contribution in [0.5, 0.6) is 0 Å². The zero-order chi connectivity index (χ0) is 18.4. The molecule has 0 spiro atoms. The van der Waals surface area contributed by atoms with Crippen LogP contribution >= 0.6 is 0 Å². The highest BCUT2D eigenvalue weighted by Crippen LogP contribution is 2.30. The first-order valence-electron chi connectivity index (χ1n) is 7.60. The molecule has 0 saturated carbocycles. The van der Waals surface area contributed by atoms with Gasteiger partial charge < -0.3 is 15.0 Å². The molecule has 8 heteroatoms. The van der Waals surface area contributed by atoms with E-state index in [0.29, 0.717) is 5.69 Å². The minimum Gasteiger partial charge on any atom is -0.460 e. The number of amides is 1. The van der Waals surface area contributed by atoms with E-state index < -0.39 is 29.6 Å². The molecule has 1 aromatic rings. The van der Waals surface area contributed by atoms with Gasteiger partial charge in [-0.15, -0.1) is 0 Å². The zero-order valence-electron chi connectivity index (χ0n) is 13.8. The van der Waals surface area contributed by atoms with Crippen molar-refractivity contribution in [3.8, 4) is 0 Å². The predicted octanol–water partition coefficient (Wildman–Crippen LogP) is 1.85. The first kappa shape index (κ1) is 18.1. The molecule has 1 aliphatic heterocycles. The molecule has 130 valence electrons. The van der Waals surface area contributed by atoms with E-state index >= 15 is 0 Å². The van der Waals surface area contributed by atoms with E-state index in [-0.39, 0.29) is 13.0 Å². The normalized spacial score (nSPS) is 15.0. The lowest BCUT2D eigenvalue weighted by molar-refractivity contribution is -0.139. The number of hydrogen-bond acceptors (Lipinski definition) is 5. The lowest BCUT2D eigenvalue weighted by Gasteiger charge is -2.32. The minimum atomic E-state index is -1.05. The van der Waals surface area contributed by atoms with Gasteiger partial charge in [0, 0.05) is 6.42 Å². The Balaban J connectivity index is 2.33. The Morgan fingerprint density at radius 1 is 1.28 bits per heavy atom. The van der Waals surface area contributed by atoms with Crippen LogP contribution in [-0.4, -0.2) is 48.1 Å². The fourth-order valence-electron chi connectivity index (χ4n) is 2.51. The molecule has 0 radical (unpaired) electrons. The smallest absolute Gasteiger partial charge is 0.441 e. The Kier molecular flexibility index (Phi) is 5.81. The first-order valence-corrected chi connectivity index (χ1v) is 7.60. The largest absolute Gasteiger partial charge is 0.460 e. The molecule has 1 amide bonds. The van der Waals surface area contributed by atoms with Crippen LogP contribution in [0.25, 0.3) is 11.6 Å². The average Bonchev–Trinajstić information content (AvgIpc) is 2.62. The van der Waals surface area contributed by atoms with Gasteiger partial charge in [0.15, 0.2) is 0 Å². The fraction of sp³-hybridized carbons (Fsp3) is 0.294. The molecule has 0 fully saturated rings. The van der Waals surface area contributed by atoms with Gasteiger partial charge in [-0.1, -0.05) is 30.4 Å². The van der Waals surface area contributed by atoms with Gasteiger partial charge in [-0.05, 0) is 18.6 Å². The van der Waals surface area contributed by atoms with Gasteiger partial charge in [0.05, 0.1) is 25.4 Å². The van der Waals surface area contributed by atoms with Crippen LogP contribution in [0.1, 0.15) is 18.9 Å². The number of esters is 1. The summed E-state index contributed by atoms with van der Waals surface area (Å²) in [6, 6.07) is 6.45. The third-order valence-corrected chi connectivity index (χ3v) is 3.63. The van der Waals surface area contributed by atoms with Crippen molar-refractivity contribution in [3.63, 3.8) is 0 Å². The number of carbonyl (C=O) groups excluding carboxylic acids is 3. The molecule has 0 saturated heterocycles. The van der Waals surface area contributed by atoms with Crippen LogP contribution in [-0.2, 0) is 19.1 Å². The fourth-order valence-corrected chi connectivity index (χ4v) is 2.51. The number of hydrogen-bond donors (Lipinski definition) is 0. The highest BCUT2D eigenvalue weighted by Gasteiger charge is 2.36. The summed E-state index contributed by atoms with van der Waals surface area (Å²) in [5, 5.41) is 0. The van der Waals surface area contributed by atoms with E-state index in [9.17, 15) is 14.4 Å². The molecule has 1 atom stereocenters. The van der Waals surface area contributed by atoms with E-state index in [4.69, 9.17) is 10.3 Å². The summed E-state index contributed by atoms with van der Waals surface area (Å²) in [6.45, 7) is 1.85. The molecule has 1 aromatic carbocycles. The number of carbonyl (C=O) groups is 3. The highest BCUT2D eigenvalue weighted by molar-refractivity contribution is 6.62. The number of Topliss-reactive ketones (excluding diaryl/α,β-unsaturated/α-hetero) is 1. The van der Waals surface area contributed by atoms with Crippen molar-refractivity contribution >= 4 is 35.3 Å². The quantitative estimate of drug-likeness (QED) is 0.266. The third kappa shape index (κ3) is 3.81. The third-order valence-electron chi connectivity index (χ3n) is 3.63. The number of fused-ring (bicyclic) bond motifs is 1. The molecule has 1 heterocycles. The van der Waals surface area contributed by atoms with Gasteiger partial charge in [0.1, 0.15) is 0 Å². The number of methoxy groups -OCH3 is 1. The van der Waals surface area contributed by atoms with Crippen molar-refractivity contribution in [2.75, 3.05) is 18.6 Å². The van der Waals surface area contributed by atoms with Crippen molar-refractivity contribution in [1.82, 2.24) is 0 Å². The standard InChI is InChI=1S/C17H17N3O5/c1-3-25-17(23)20-12(9-8-11-6-4-5-7-13(11)20)10-14(21)15(19-18)16(22)24-2/h4-9,12H,3,10H2,1-2H3. The number of anilines is 1. The summed E-state index contributed by atoms with van der Waals surface area (Å²) in [4.78, 5) is 40.2. The summed E-state index contributed by atoms with van der Waals surface area (Å²) in [5.74, 6) is -1.80. The Hall–Kier alpha value is -3.25. The van der Waals surface area contributed by atoms with Gasteiger partial charge in [0.25, 0.3) is 5.78 Å². The van der Waals surface area contributed by atoms with Crippen LogP contribution in [0.3, 0.4) is 0 Å². The summed E-state index contributed by atoms with van der Waals surface area (Å²) < 4.78 is 9.48. The second kappa shape index (κ2) is 8.03. The number of para-hydroxylation sites is 1. The van der Waals surface area contributed by atoms with E-state index in [0.717, 1.165) is 12.7 Å². The molecule has 1 unspecified atom stereocenters. The van der Waals surface area contributed by atoms with Gasteiger partial charge in [0.2, 0.25) is 0 Å². The lowest BCUT2D eigenvalue weighted by atomic mass is 9.98. The molecular weight excluding hydrogens is 326 g/mol. The highest BCUT2D eigenvalue weighted by atomic mass is 16.6. The van der Waals surface area contributed by atoms with Crippen molar-refractivity contribution in [1.29, 1.82) is 0 Å². The Labute approximate surface area is 144 Å². The summed E-state index contributed by atoms with van der Waals surface area (Å²) >= 11 is 0. The van der Waals surface area contributed by atoms with Gasteiger partial charge in [-0.25, -0.2) is 9.59 Å². The molecule has 0 aromatic heterocycles. The maximum atomic E-state index is 12.4. The van der Waals surface area contributed by atoms with Crippen molar-refractivity contribution in [3.05, 3.63) is 41.4 Å². The van der Waals surface area contributed by atoms with E-state index in [1.807, 2.05) is 12.1 Å². The Bertz CT molecular complexity index is 780. The van der Waals surface area contributed by atoms with E-state index in [1.54, 1.807) is 31.2 Å². The van der Waals surface area contributed by atoms with E-state index in [2.05, 4.69) is 9.53 Å². The topological polar surface area (TPSA) is 109 Å². The monoisotopic (exact) mass is 343 g/mol. The SMILES string of the molecule is CCOC(=O)N1c2ccccc2C=CC1CC(=O)C(=[N+]=[N-])C(=O)OC. The van der Waals surface area contributed by atoms with Crippen molar-refractivity contribution in [2.24, 2.45) is 0 Å². The van der Waals surface area contributed by atoms with Crippen LogP contribution in [0.15, 0.2) is 30.3 Å². The lowest BCUT2D eigenvalue weighted by Crippen LogP contribution is -2.44. The van der Waals surface area contributed by atoms with Crippen LogP contribution in [0.4, 0.5) is 10.5 Å². The zero-order valence-corrected chi connectivity index (χ0v) is 13.8.